The van der Waals surface area contributed by atoms with E-state index in [2.05, 4.69) is 47.6 Å². The van der Waals surface area contributed by atoms with Gasteiger partial charge in [-0.3, -0.25) is 4.79 Å². The van der Waals surface area contributed by atoms with Crippen LogP contribution in [0.2, 0.25) is 0 Å². The summed E-state index contributed by atoms with van der Waals surface area (Å²) in [5.41, 5.74) is 1.43. The molecular formula is C23H39IN2O4. The highest BCUT2D eigenvalue weighted by Gasteiger charge is 2.08. The molecule has 0 radical (unpaired) electrons. The number of hydrogen-bond acceptors (Lipinski definition) is 5. The third-order valence-corrected chi connectivity index (χ3v) is 4.64. The molecule has 0 unspecified atom stereocenters. The van der Waals surface area contributed by atoms with Gasteiger partial charge in [-0.1, -0.05) is 63.4 Å². The smallest absolute Gasteiger partial charge is 0.407 e. The minimum atomic E-state index is -0.475. The monoisotopic (exact) mass is 534 g/mol. The van der Waals surface area contributed by atoms with Gasteiger partial charge in [0.1, 0.15) is 13.2 Å². The lowest BCUT2D eigenvalue weighted by Crippen LogP contribution is -2.34. The van der Waals surface area contributed by atoms with E-state index in [9.17, 15) is 9.59 Å². The van der Waals surface area contributed by atoms with Gasteiger partial charge in [-0.2, -0.15) is 0 Å². The number of carbonyl (C=O) groups excluding carboxylic acids is 2. The zero-order chi connectivity index (χ0) is 21.3. The van der Waals surface area contributed by atoms with Crippen molar-refractivity contribution in [2.75, 3.05) is 39.9 Å². The van der Waals surface area contributed by atoms with Crippen molar-refractivity contribution in [1.29, 1.82) is 0 Å². The van der Waals surface area contributed by atoms with Crippen molar-refractivity contribution < 1.29 is 19.1 Å². The van der Waals surface area contributed by atoms with E-state index in [1.54, 1.807) is 13.8 Å². The molecule has 6 nitrogen and oxygen atoms in total. The highest BCUT2D eigenvalue weighted by Crippen LogP contribution is 2.09. The summed E-state index contributed by atoms with van der Waals surface area (Å²) < 4.78 is 9.92. The summed E-state index contributed by atoms with van der Waals surface area (Å²) in [7, 11) is 2.06. The number of halogens is 1. The molecule has 0 atom stereocenters. The van der Waals surface area contributed by atoms with Crippen molar-refractivity contribution in [3.05, 3.63) is 35.9 Å². The van der Waals surface area contributed by atoms with E-state index < -0.39 is 6.09 Å². The summed E-state index contributed by atoms with van der Waals surface area (Å²) in [5.74, 6) is -0.458. The van der Waals surface area contributed by atoms with Crippen LogP contribution in [0.15, 0.2) is 30.3 Å². The first-order valence-electron chi connectivity index (χ1n) is 10.8. The Balaban J connectivity index is 0.00000841. The summed E-state index contributed by atoms with van der Waals surface area (Å²) in [5, 5.41) is 2.72. The van der Waals surface area contributed by atoms with Crippen LogP contribution in [-0.4, -0.2) is 56.9 Å². The molecule has 0 aliphatic carbocycles. The van der Waals surface area contributed by atoms with E-state index in [1.807, 2.05) is 0 Å². The average Bonchev–Trinajstić information content (AvgIpc) is 2.71. The van der Waals surface area contributed by atoms with E-state index >= 15 is 0 Å². The molecule has 0 heterocycles. The van der Waals surface area contributed by atoms with Gasteiger partial charge < -0.3 is 19.7 Å². The maximum Gasteiger partial charge on any atom is 0.407 e. The van der Waals surface area contributed by atoms with E-state index in [4.69, 9.17) is 9.47 Å². The van der Waals surface area contributed by atoms with Crippen molar-refractivity contribution in [3.8, 4) is 0 Å². The van der Waals surface area contributed by atoms with Gasteiger partial charge in [0.25, 0.3) is 0 Å². The highest BCUT2D eigenvalue weighted by molar-refractivity contribution is 14.0. The number of likely N-dealkylation sites (N-methyl/N-ethyl adjacent to an activating group) is 1. The Morgan fingerprint density at radius 3 is 2.27 bits per heavy atom. The Morgan fingerprint density at radius 2 is 1.57 bits per heavy atom. The first kappa shape index (κ1) is 28.6. The second-order valence-corrected chi connectivity index (χ2v) is 7.69. The molecule has 1 N–H and O–H groups in total. The number of ether oxygens (including phenoxy) is 2. The van der Waals surface area contributed by atoms with Gasteiger partial charge in [0.2, 0.25) is 0 Å². The first-order valence-corrected chi connectivity index (χ1v) is 10.8. The predicted molar refractivity (Wildman–Crippen MR) is 131 cm³/mol. The van der Waals surface area contributed by atoms with Gasteiger partial charge in [-0.15, -0.1) is 24.0 Å². The van der Waals surface area contributed by atoms with Crippen molar-refractivity contribution in [3.63, 3.8) is 0 Å². The average molecular weight is 534 g/mol. The number of alkyl carbamates (subject to hydrolysis) is 1. The normalized spacial score (nSPS) is 10.6. The Hall–Kier alpha value is -1.35. The Bertz CT molecular complexity index is 570. The standard InChI is InChI=1S/C23H38N2O4.HI/c1-20(2)22(26)28-18-19-29-23(27)24-15-17-25(3)16-11-6-4-5-8-12-21-13-9-7-10-14-21;/h7,9-10,13-14,20H,4-6,8,11-12,15-19H2,1-3H3,(H,24,27);1H. The number of amides is 1. The Kier molecular flexibility index (Phi) is 17.6. The fraction of sp³-hybridized carbons (Fsp3) is 0.652. The van der Waals surface area contributed by atoms with Crippen molar-refractivity contribution in [1.82, 2.24) is 10.2 Å². The number of unbranched alkanes of at least 4 members (excludes halogenated alkanes) is 4. The molecule has 0 aromatic heterocycles. The van der Waals surface area contributed by atoms with Gasteiger partial charge in [-0.25, -0.2) is 4.79 Å². The van der Waals surface area contributed by atoms with Crippen LogP contribution in [0.25, 0.3) is 0 Å². The number of esters is 1. The number of rotatable bonds is 15. The molecule has 1 rings (SSSR count). The van der Waals surface area contributed by atoms with Crippen molar-refractivity contribution in [2.24, 2.45) is 5.92 Å². The molecule has 7 heteroatoms. The van der Waals surface area contributed by atoms with Gasteiger partial charge in [0, 0.05) is 13.1 Å². The number of aryl methyl sites for hydroxylation is 1. The van der Waals surface area contributed by atoms with Crippen LogP contribution < -0.4 is 5.32 Å². The molecule has 0 aliphatic heterocycles. The molecule has 0 aliphatic rings. The van der Waals surface area contributed by atoms with Gasteiger partial charge >= 0.3 is 12.1 Å². The van der Waals surface area contributed by atoms with Crippen LogP contribution in [0.5, 0.6) is 0 Å². The fourth-order valence-electron chi connectivity index (χ4n) is 2.84. The lowest BCUT2D eigenvalue weighted by atomic mass is 10.1. The van der Waals surface area contributed by atoms with Gasteiger partial charge in [-0.05, 0) is 38.4 Å². The minimum Gasteiger partial charge on any atom is -0.462 e. The molecule has 1 aromatic rings. The lowest BCUT2D eigenvalue weighted by Gasteiger charge is -2.16. The SMILES string of the molecule is CC(C)C(=O)OCCOC(=O)NCCN(C)CCCCCCCc1ccccc1.I. The van der Waals surface area contributed by atoms with E-state index in [-0.39, 0.29) is 49.1 Å². The summed E-state index contributed by atoms with van der Waals surface area (Å²) in [6, 6.07) is 10.7. The zero-order valence-electron chi connectivity index (χ0n) is 18.7. The van der Waals surface area contributed by atoms with Crippen LogP contribution in [-0.2, 0) is 20.7 Å². The molecule has 30 heavy (non-hydrogen) atoms. The van der Waals surface area contributed by atoms with Crippen LogP contribution >= 0.6 is 24.0 Å². The largest absolute Gasteiger partial charge is 0.462 e. The maximum atomic E-state index is 11.6. The highest BCUT2D eigenvalue weighted by atomic mass is 127. The first-order chi connectivity index (χ1) is 14.0. The maximum absolute atomic E-state index is 11.6. The molecule has 0 bridgehead atoms. The van der Waals surface area contributed by atoms with Gasteiger partial charge in [0.05, 0.1) is 5.92 Å². The van der Waals surface area contributed by atoms with Crippen LogP contribution in [0.4, 0.5) is 4.79 Å². The predicted octanol–water partition coefficient (Wildman–Crippen LogP) is 4.65. The van der Waals surface area contributed by atoms with Crippen molar-refractivity contribution >= 4 is 36.0 Å². The Labute approximate surface area is 199 Å². The molecule has 172 valence electrons. The van der Waals surface area contributed by atoms with Crippen LogP contribution in [0.1, 0.15) is 51.5 Å². The van der Waals surface area contributed by atoms with Crippen LogP contribution in [0.3, 0.4) is 0 Å². The number of carbonyl (C=O) groups is 2. The number of nitrogens with one attached hydrogen (secondary N) is 1. The minimum absolute atomic E-state index is 0. The molecule has 0 saturated carbocycles. The molecule has 0 spiro atoms. The van der Waals surface area contributed by atoms with Crippen molar-refractivity contribution in [2.45, 2.75) is 52.4 Å². The quantitative estimate of drug-likeness (QED) is 0.202. The molecule has 0 saturated heterocycles. The summed E-state index contributed by atoms with van der Waals surface area (Å²) >= 11 is 0. The second kappa shape index (κ2) is 18.4. The topological polar surface area (TPSA) is 67.9 Å². The van der Waals surface area contributed by atoms with E-state index in [1.165, 1.54) is 44.1 Å². The van der Waals surface area contributed by atoms with Gasteiger partial charge in [0.15, 0.2) is 0 Å². The number of hydrogen-bond donors (Lipinski definition) is 1. The second-order valence-electron chi connectivity index (χ2n) is 7.69. The summed E-state index contributed by atoms with van der Waals surface area (Å²) in [4.78, 5) is 25.1. The summed E-state index contributed by atoms with van der Waals surface area (Å²) in [6.07, 6.45) is 6.91. The zero-order valence-corrected chi connectivity index (χ0v) is 21.1. The summed E-state index contributed by atoms with van der Waals surface area (Å²) in [6.45, 7) is 6.04. The van der Waals surface area contributed by atoms with E-state index in [0.717, 1.165) is 13.1 Å². The number of benzene rings is 1. The number of nitrogens with zero attached hydrogens (tertiary/aromatic N) is 1. The molecule has 1 amide bonds. The molecular weight excluding hydrogens is 495 g/mol. The third-order valence-electron chi connectivity index (χ3n) is 4.64. The third kappa shape index (κ3) is 15.5. The fourth-order valence-corrected chi connectivity index (χ4v) is 2.84. The molecule has 1 aromatic carbocycles. The van der Waals surface area contributed by atoms with Crippen LogP contribution in [0, 0.1) is 5.92 Å². The molecule has 0 fully saturated rings. The lowest BCUT2D eigenvalue weighted by molar-refractivity contribution is -0.148. The van der Waals surface area contributed by atoms with E-state index in [0.29, 0.717) is 6.54 Å². The Morgan fingerprint density at radius 1 is 0.933 bits per heavy atom.